The van der Waals surface area contributed by atoms with Crippen molar-refractivity contribution in [2.24, 2.45) is 5.92 Å². The molecule has 1 heterocycles. The van der Waals surface area contributed by atoms with E-state index >= 15 is 0 Å². The van der Waals surface area contributed by atoms with Gasteiger partial charge in [-0.2, -0.15) is 10.4 Å². The van der Waals surface area contributed by atoms with E-state index in [4.69, 9.17) is 5.26 Å². The summed E-state index contributed by atoms with van der Waals surface area (Å²) >= 11 is 0. The Morgan fingerprint density at radius 3 is 2.34 bits per heavy atom. The van der Waals surface area contributed by atoms with Crippen LogP contribution in [0, 0.1) is 23.1 Å². The van der Waals surface area contributed by atoms with Gasteiger partial charge in [0, 0.05) is 25.0 Å². The summed E-state index contributed by atoms with van der Waals surface area (Å²) in [5.41, 5.74) is 1.89. The van der Waals surface area contributed by atoms with Crippen LogP contribution in [0.4, 0.5) is 4.39 Å². The molecule has 35 heavy (non-hydrogen) atoms. The van der Waals surface area contributed by atoms with Gasteiger partial charge in [0.05, 0.1) is 17.0 Å². The van der Waals surface area contributed by atoms with E-state index in [1.54, 1.807) is 65.6 Å². The number of rotatable bonds is 7. The van der Waals surface area contributed by atoms with Crippen molar-refractivity contribution in [1.29, 1.82) is 5.26 Å². The maximum atomic E-state index is 13.9. The number of carbonyl (C=O) groups excluding carboxylic acids is 1. The molecule has 176 valence electrons. The molecule has 6 nitrogen and oxygen atoms in total. The Kier molecular flexibility index (Phi) is 7.02. The van der Waals surface area contributed by atoms with Crippen molar-refractivity contribution in [1.82, 2.24) is 14.7 Å². The van der Waals surface area contributed by atoms with Crippen molar-refractivity contribution in [3.8, 4) is 6.07 Å². The number of fused-ring (bicyclic) bond motifs is 1. The molecule has 0 saturated carbocycles. The van der Waals surface area contributed by atoms with Gasteiger partial charge < -0.3 is 4.90 Å². The molecule has 7 heteroatoms. The van der Waals surface area contributed by atoms with Gasteiger partial charge in [0.15, 0.2) is 5.69 Å². The van der Waals surface area contributed by atoms with Crippen molar-refractivity contribution in [3.63, 3.8) is 0 Å². The Balaban J connectivity index is 1.80. The van der Waals surface area contributed by atoms with E-state index in [1.807, 2.05) is 13.8 Å². The third-order valence-corrected chi connectivity index (χ3v) is 5.61. The first-order valence-electron chi connectivity index (χ1n) is 11.4. The fourth-order valence-electron chi connectivity index (χ4n) is 3.97. The smallest absolute Gasteiger partial charge is 0.275 e. The first kappa shape index (κ1) is 23.8. The van der Waals surface area contributed by atoms with E-state index in [0.29, 0.717) is 28.4 Å². The molecule has 3 aromatic carbocycles. The summed E-state index contributed by atoms with van der Waals surface area (Å²) in [5, 5.41) is 14.5. The largest absolute Gasteiger partial charge is 0.329 e. The van der Waals surface area contributed by atoms with Gasteiger partial charge >= 0.3 is 0 Å². The molecule has 0 unspecified atom stereocenters. The lowest BCUT2D eigenvalue weighted by molar-refractivity contribution is 0.0723. The molecule has 0 bridgehead atoms. The molecule has 0 aliphatic carbocycles. The van der Waals surface area contributed by atoms with E-state index in [1.165, 1.54) is 16.8 Å². The Labute approximate surface area is 202 Å². The van der Waals surface area contributed by atoms with Crippen LogP contribution in [0.1, 0.15) is 41.0 Å². The highest BCUT2D eigenvalue weighted by molar-refractivity contribution is 6.04. The Hall–Kier alpha value is -4.31. The van der Waals surface area contributed by atoms with Gasteiger partial charge in [0.1, 0.15) is 5.82 Å². The number of benzene rings is 3. The van der Waals surface area contributed by atoms with Gasteiger partial charge in [0.2, 0.25) is 0 Å². The fraction of sp³-hybridized carbons (Fsp3) is 0.214. The summed E-state index contributed by atoms with van der Waals surface area (Å²) in [6.45, 7) is 4.71. The molecule has 0 atom stereocenters. The van der Waals surface area contributed by atoms with Crippen molar-refractivity contribution in [2.45, 2.75) is 33.5 Å². The topological polar surface area (TPSA) is 79.0 Å². The average Bonchev–Trinajstić information content (AvgIpc) is 2.85. The first-order chi connectivity index (χ1) is 16.9. The van der Waals surface area contributed by atoms with Gasteiger partial charge in [-0.1, -0.05) is 56.3 Å². The number of amides is 1. The van der Waals surface area contributed by atoms with E-state index in [2.05, 4.69) is 11.2 Å². The highest BCUT2D eigenvalue weighted by atomic mass is 19.1. The molecule has 0 N–H and O–H groups in total. The van der Waals surface area contributed by atoms with Gasteiger partial charge in [0.25, 0.3) is 11.5 Å². The number of hydrogen-bond donors (Lipinski definition) is 0. The standard InChI is InChI=1S/C28H25FN4O2/c1-19(2)16-33-27(34)25-9-4-3-8-24(25)26(31-33)28(35)32(18-22-6-5-7-23(29)14-22)17-21-12-10-20(15-30)11-13-21/h3-14,19H,16-18H2,1-2H3. The minimum absolute atomic E-state index is 0.149. The summed E-state index contributed by atoms with van der Waals surface area (Å²) < 4.78 is 15.2. The van der Waals surface area contributed by atoms with Crippen molar-refractivity contribution >= 4 is 16.7 Å². The normalized spacial score (nSPS) is 10.9. The summed E-state index contributed by atoms with van der Waals surface area (Å²) in [5.74, 6) is -0.596. The zero-order valence-corrected chi connectivity index (χ0v) is 19.6. The molecule has 1 aromatic heterocycles. The maximum Gasteiger partial charge on any atom is 0.275 e. The Bertz CT molecular complexity index is 1470. The van der Waals surface area contributed by atoms with E-state index in [-0.39, 0.29) is 42.0 Å². The van der Waals surface area contributed by atoms with Crippen LogP contribution in [0.5, 0.6) is 0 Å². The van der Waals surface area contributed by atoms with Crippen LogP contribution >= 0.6 is 0 Å². The minimum Gasteiger partial charge on any atom is -0.329 e. The number of hydrogen-bond acceptors (Lipinski definition) is 4. The molecule has 4 rings (SSSR count). The van der Waals surface area contributed by atoms with E-state index in [9.17, 15) is 14.0 Å². The summed E-state index contributed by atoms with van der Waals surface area (Å²) in [7, 11) is 0. The molecular weight excluding hydrogens is 443 g/mol. The molecule has 0 fully saturated rings. The summed E-state index contributed by atoms with van der Waals surface area (Å²) in [6.07, 6.45) is 0. The lowest BCUT2D eigenvalue weighted by Gasteiger charge is -2.24. The van der Waals surface area contributed by atoms with Crippen LogP contribution < -0.4 is 5.56 Å². The third-order valence-electron chi connectivity index (χ3n) is 5.61. The second-order valence-corrected chi connectivity index (χ2v) is 8.88. The zero-order valence-electron chi connectivity index (χ0n) is 19.6. The van der Waals surface area contributed by atoms with Crippen molar-refractivity contribution < 1.29 is 9.18 Å². The number of halogens is 1. The lowest BCUT2D eigenvalue weighted by atomic mass is 10.1. The molecule has 0 aliphatic rings. The fourth-order valence-corrected chi connectivity index (χ4v) is 3.97. The van der Waals surface area contributed by atoms with Crippen LogP contribution in [0.15, 0.2) is 77.6 Å². The monoisotopic (exact) mass is 468 g/mol. The summed E-state index contributed by atoms with van der Waals surface area (Å²) in [6, 6.07) is 22.1. The quantitative estimate of drug-likeness (QED) is 0.386. The van der Waals surface area contributed by atoms with Crippen molar-refractivity contribution in [2.75, 3.05) is 0 Å². The maximum absolute atomic E-state index is 13.9. The Morgan fingerprint density at radius 1 is 1.00 bits per heavy atom. The summed E-state index contributed by atoms with van der Waals surface area (Å²) in [4.78, 5) is 28.5. The number of carbonyl (C=O) groups is 1. The molecule has 1 amide bonds. The zero-order chi connectivity index (χ0) is 24.9. The van der Waals surface area contributed by atoms with E-state index < -0.39 is 0 Å². The molecule has 0 aliphatic heterocycles. The first-order valence-corrected chi connectivity index (χ1v) is 11.4. The molecular formula is C28H25FN4O2. The molecule has 0 spiro atoms. The number of nitrogens with zero attached hydrogens (tertiary/aromatic N) is 4. The van der Waals surface area contributed by atoms with Crippen LogP contribution in [-0.2, 0) is 19.6 Å². The second-order valence-electron chi connectivity index (χ2n) is 8.88. The van der Waals surface area contributed by atoms with Gasteiger partial charge in [-0.15, -0.1) is 0 Å². The van der Waals surface area contributed by atoms with Crippen molar-refractivity contribution in [3.05, 3.63) is 111 Å². The van der Waals surface area contributed by atoms with Gasteiger partial charge in [-0.25, -0.2) is 9.07 Å². The highest BCUT2D eigenvalue weighted by Crippen LogP contribution is 2.20. The Morgan fingerprint density at radius 2 is 1.69 bits per heavy atom. The predicted molar refractivity (Wildman–Crippen MR) is 132 cm³/mol. The van der Waals surface area contributed by atoms with Gasteiger partial charge in [-0.05, 0) is 47.4 Å². The lowest BCUT2D eigenvalue weighted by Crippen LogP contribution is -2.34. The third kappa shape index (κ3) is 5.44. The van der Waals surface area contributed by atoms with Crippen LogP contribution in [0.3, 0.4) is 0 Å². The van der Waals surface area contributed by atoms with Crippen LogP contribution in [0.2, 0.25) is 0 Å². The highest BCUT2D eigenvalue weighted by Gasteiger charge is 2.23. The molecule has 0 saturated heterocycles. The van der Waals surface area contributed by atoms with Crippen LogP contribution in [-0.4, -0.2) is 20.6 Å². The van der Waals surface area contributed by atoms with Gasteiger partial charge in [-0.3, -0.25) is 9.59 Å². The van der Waals surface area contributed by atoms with Crippen LogP contribution in [0.25, 0.3) is 10.8 Å². The molecule has 0 radical (unpaired) electrons. The predicted octanol–water partition coefficient (Wildman–Crippen LogP) is 4.91. The number of aromatic nitrogens is 2. The SMILES string of the molecule is CC(C)Cn1nc(C(=O)N(Cc2ccc(C#N)cc2)Cc2cccc(F)c2)c2ccccc2c1=O. The average molecular weight is 469 g/mol. The second kappa shape index (κ2) is 10.3. The number of nitriles is 1. The molecule has 4 aromatic rings. The minimum atomic E-state index is -0.387. The van der Waals surface area contributed by atoms with E-state index in [0.717, 1.165) is 5.56 Å².